The molecule has 2 N–H and O–H groups in total. The largest absolute Gasteiger partial charge is 0.377 e. The van der Waals surface area contributed by atoms with Crippen LogP contribution in [0.25, 0.3) is 0 Å². The summed E-state index contributed by atoms with van der Waals surface area (Å²) in [5.74, 6) is -0.455. The molecule has 2 aromatic carbocycles. The third kappa shape index (κ3) is 6.53. The first kappa shape index (κ1) is 20.6. The Labute approximate surface area is 161 Å². The van der Waals surface area contributed by atoms with E-state index in [2.05, 4.69) is 10.6 Å². The van der Waals surface area contributed by atoms with E-state index in [-0.39, 0.29) is 17.7 Å². The lowest BCUT2D eigenvalue weighted by molar-refractivity contribution is -0.124. The fraction of sp³-hybridized carbons (Fsp3) is 0.364. The van der Waals surface area contributed by atoms with Crippen molar-refractivity contribution in [3.63, 3.8) is 0 Å². The molecule has 0 saturated heterocycles. The molecule has 0 aromatic heterocycles. The molecule has 2 aromatic rings. The number of benzene rings is 2. The van der Waals surface area contributed by atoms with E-state index in [1.165, 1.54) is 0 Å². The summed E-state index contributed by atoms with van der Waals surface area (Å²) < 4.78 is 5.38. The molecule has 0 radical (unpaired) electrons. The summed E-state index contributed by atoms with van der Waals surface area (Å²) in [5.41, 5.74) is 2.64. The first-order chi connectivity index (χ1) is 13.0. The lowest BCUT2D eigenvalue weighted by Gasteiger charge is -2.22. The van der Waals surface area contributed by atoms with E-state index >= 15 is 0 Å². The molecular weight excluding hydrogens is 340 g/mol. The highest BCUT2D eigenvalue weighted by atomic mass is 16.5. The van der Waals surface area contributed by atoms with E-state index in [1.54, 1.807) is 24.3 Å². The van der Waals surface area contributed by atoms with Crippen LogP contribution in [0.2, 0.25) is 0 Å². The zero-order chi connectivity index (χ0) is 19.6. The van der Waals surface area contributed by atoms with Crippen molar-refractivity contribution in [1.29, 1.82) is 0 Å². The molecule has 0 heterocycles. The lowest BCUT2D eigenvalue weighted by Crippen LogP contribution is -2.49. The summed E-state index contributed by atoms with van der Waals surface area (Å²) in [6, 6.07) is 16.3. The minimum atomic E-state index is -0.588. The molecule has 0 spiro atoms. The monoisotopic (exact) mass is 368 g/mol. The van der Waals surface area contributed by atoms with Crippen molar-refractivity contribution in [3.05, 3.63) is 71.3 Å². The van der Waals surface area contributed by atoms with Crippen molar-refractivity contribution < 1.29 is 14.3 Å². The number of hydrogen-bond acceptors (Lipinski definition) is 3. The summed E-state index contributed by atoms with van der Waals surface area (Å²) >= 11 is 0. The Kier molecular flexibility index (Phi) is 8.01. The van der Waals surface area contributed by atoms with Crippen LogP contribution < -0.4 is 10.6 Å². The first-order valence-electron chi connectivity index (χ1n) is 9.30. The zero-order valence-electron chi connectivity index (χ0n) is 16.2. The first-order valence-corrected chi connectivity index (χ1v) is 9.30. The molecular formula is C22H28N2O3. The molecule has 0 bridgehead atoms. The standard InChI is InChI=1S/C22H28N2O3/c1-4-27-15-18-12-10-17(11-13-18)14-23-22(26)20(16(2)3)24-21(25)19-8-6-5-7-9-19/h5-13,16,20H,4,14-15H2,1-3H3,(H,23,26)(H,24,25). The van der Waals surface area contributed by atoms with Gasteiger partial charge < -0.3 is 15.4 Å². The third-order valence-corrected chi connectivity index (χ3v) is 4.23. The van der Waals surface area contributed by atoms with Gasteiger partial charge in [-0.1, -0.05) is 56.3 Å². The third-order valence-electron chi connectivity index (χ3n) is 4.23. The van der Waals surface area contributed by atoms with Gasteiger partial charge in [0.25, 0.3) is 5.91 Å². The van der Waals surface area contributed by atoms with Gasteiger partial charge in [0.1, 0.15) is 6.04 Å². The molecule has 1 unspecified atom stereocenters. The van der Waals surface area contributed by atoms with Gasteiger partial charge in [0.15, 0.2) is 0 Å². The predicted molar refractivity (Wildman–Crippen MR) is 106 cm³/mol. The van der Waals surface area contributed by atoms with Crippen LogP contribution in [0.3, 0.4) is 0 Å². The van der Waals surface area contributed by atoms with Gasteiger partial charge in [-0.15, -0.1) is 0 Å². The molecule has 0 fully saturated rings. The maximum Gasteiger partial charge on any atom is 0.251 e. The molecule has 5 nitrogen and oxygen atoms in total. The number of hydrogen-bond donors (Lipinski definition) is 2. The number of ether oxygens (including phenoxy) is 1. The molecule has 0 aliphatic rings. The van der Waals surface area contributed by atoms with E-state index in [1.807, 2.05) is 51.1 Å². The van der Waals surface area contributed by atoms with Crippen LogP contribution in [0, 0.1) is 5.92 Å². The maximum absolute atomic E-state index is 12.6. The maximum atomic E-state index is 12.6. The summed E-state index contributed by atoms with van der Waals surface area (Å²) in [7, 11) is 0. The Hall–Kier alpha value is -2.66. The van der Waals surface area contributed by atoms with Gasteiger partial charge in [0.2, 0.25) is 5.91 Å². The highest BCUT2D eigenvalue weighted by molar-refractivity contribution is 5.97. The van der Waals surface area contributed by atoms with Crippen LogP contribution in [0.4, 0.5) is 0 Å². The number of carbonyl (C=O) groups excluding carboxylic acids is 2. The highest BCUT2D eigenvalue weighted by Gasteiger charge is 2.24. The van der Waals surface area contributed by atoms with Crippen molar-refractivity contribution in [3.8, 4) is 0 Å². The molecule has 144 valence electrons. The Morgan fingerprint density at radius 2 is 1.59 bits per heavy atom. The normalized spacial score (nSPS) is 11.9. The van der Waals surface area contributed by atoms with E-state index < -0.39 is 6.04 Å². The summed E-state index contributed by atoms with van der Waals surface area (Å²) in [4.78, 5) is 24.9. The minimum absolute atomic E-state index is 0.0220. The number of amides is 2. The van der Waals surface area contributed by atoms with E-state index in [0.717, 1.165) is 11.1 Å². The van der Waals surface area contributed by atoms with Gasteiger partial charge in [0.05, 0.1) is 6.61 Å². The molecule has 0 saturated carbocycles. The van der Waals surface area contributed by atoms with Crippen LogP contribution >= 0.6 is 0 Å². The van der Waals surface area contributed by atoms with E-state index in [4.69, 9.17) is 4.74 Å². The van der Waals surface area contributed by atoms with Gasteiger partial charge in [0, 0.05) is 18.7 Å². The molecule has 5 heteroatoms. The molecule has 2 amide bonds. The lowest BCUT2D eigenvalue weighted by atomic mass is 10.0. The molecule has 0 aliphatic carbocycles. The molecule has 0 aliphatic heterocycles. The van der Waals surface area contributed by atoms with Crippen molar-refractivity contribution >= 4 is 11.8 Å². The highest BCUT2D eigenvalue weighted by Crippen LogP contribution is 2.08. The second kappa shape index (κ2) is 10.5. The van der Waals surface area contributed by atoms with Crippen LogP contribution in [0.5, 0.6) is 0 Å². The van der Waals surface area contributed by atoms with Gasteiger partial charge >= 0.3 is 0 Å². The predicted octanol–water partition coefficient (Wildman–Crippen LogP) is 3.29. The summed E-state index contributed by atoms with van der Waals surface area (Å²) in [6.45, 7) is 7.48. The Morgan fingerprint density at radius 3 is 2.19 bits per heavy atom. The van der Waals surface area contributed by atoms with Gasteiger partial charge in [-0.2, -0.15) is 0 Å². The number of rotatable bonds is 9. The SMILES string of the molecule is CCOCc1ccc(CNC(=O)C(NC(=O)c2ccccc2)C(C)C)cc1. The molecule has 27 heavy (non-hydrogen) atoms. The van der Waals surface area contributed by atoms with Crippen LogP contribution in [0.15, 0.2) is 54.6 Å². The van der Waals surface area contributed by atoms with Crippen molar-refractivity contribution in [1.82, 2.24) is 10.6 Å². The second-order valence-electron chi connectivity index (χ2n) is 6.73. The van der Waals surface area contributed by atoms with E-state index in [0.29, 0.717) is 25.3 Å². The molecule has 2 rings (SSSR count). The van der Waals surface area contributed by atoms with Crippen LogP contribution in [-0.2, 0) is 22.7 Å². The van der Waals surface area contributed by atoms with Gasteiger partial charge in [-0.25, -0.2) is 0 Å². The van der Waals surface area contributed by atoms with E-state index in [9.17, 15) is 9.59 Å². The zero-order valence-corrected chi connectivity index (χ0v) is 16.2. The fourth-order valence-electron chi connectivity index (χ4n) is 2.62. The topological polar surface area (TPSA) is 67.4 Å². The number of carbonyl (C=O) groups is 2. The Bertz CT molecular complexity index is 727. The Balaban J connectivity index is 1.92. The smallest absolute Gasteiger partial charge is 0.251 e. The summed E-state index contributed by atoms with van der Waals surface area (Å²) in [6.07, 6.45) is 0. The second-order valence-corrected chi connectivity index (χ2v) is 6.73. The minimum Gasteiger partial charge on any atom is -0.377 e. The fourth-order valence-corrected chi connectivity index (χ4v) is 2.62. The number of nitrogens with one attached hydrogen (secondary N) is 2. The van der Waals surface area contributed by atoms with Crippen LogP contribution in [0.1, 0.15) is 42.3 Å². The summed E-state index contributed by atoms with van der Waals surface area (Å²) in [5, 5.41) is 5.75. The van der Waals surface area contributed by atoms with Gasteiger partial charge in [-0.3, -0.25) is 9.59 Å². The quantitative estimate of drug-likeness (QED) is 0.714. The van der Waals surface area contributed by atoms with Crippen molar-refractivity contribution in [2.24, 2.45) is 5.92 Å². The van der Waals surface area contributed by atoms with Crippen LogP contribution in [-0.4, -0.2) is 24.5 Å². The Morgan fingerprint density at radius 1 is 0.963 bits per heavy atom. The average molecular weight is 368 g/mol. The average Bonchev–Trinajstić information content (AvgIpc) is 2.69. The van der Waals surface area contributed by atoms with Crippen molar-refractivity contribution in [2.75, 3.05) is 6.61 Å². The molecule has 1 atom stereocenters. The van der Waals surface area contributed by atoms with Gasteiger partial charge in [-0.05, 0) is 36.1 Å². The van der Waals surface area contributed by atoms with Crippen molar-refractivity contribution in [2.45, 2.75) is 40.0 Å².